The van der Waals surface area contributed by atoms with Crippen LogP contribution in [0.3, 0.4) is 0 Å². The summed E-state index contributed by atoms with van der Waals surface area (Å²) in [4.78, 5) is 12.9. The zero-order chi connectivity index (χ0) is 23.5. The van der Waals surface area contributed by atoms with Crippen molar-refractivity contribution in [3.63, 3.8) is 0 Å². The number of ether oxygens (including phenoxy) is 2. The Labute approximate surface area is 198 Å². The number of carbonyl (C=O) groups is 1. The van der Waals surface area contributed by atoms with Gasteiger partial charge in [0.15, 0.2) is 0 Å². The molecule has 0 heterocycles. The summed E-state index contributed by atoms with van der Waals surface area (Å²) in [6, 6.07) is 25.7. The maximum atomic E-state index is 12.9. The lowest BCUT2D eigenvalue weighted by molar-refractivity contribution is 0.0247. The van der Waals surface area contributed by atoms with Gasteiger partial charge in [0.2, 0.25) is 0 Å². The van der Waals surface area contributed by atoms with Crippen LogP contribution in [0.5, 0.6) is 5.75 Å². The van der Waals surface area contributed by atoms with Gasteiger partial charge >= 0.3 is 5.97 Å². The third kappa shape index (κ3) is 7.78. The lowest BCUT2D eigenvalue weighted by atomic mass is 9.99. The number of unbranched alkanes of at least 4 members (excludes halogenated alkanes) is 3. The van der Waals surface area contributed by atoms with Crippen molar-refractivity contribution in [2.75, 3.05) is 6.61 Å². The maximum Gasteiger partial charge on any atom is 0.338 e. The van der Waals surface area contributed by atoms with E-state index in [0.29, 0.717) is 11.5 Å². The van der Waals surface area contributed by atoms with Crippen LogP contribution in [0.25, 0.3) is 11.1 Å². The lowest BCUT2D eigenvalue weighted by Crippen LogP contribution is -2.14. The second-order valence-corrected chi connectivity index (χ2v) is 8.95. The van der Waals surface area contributed by atoms with E-state index in [2.05, 4.69) is 32.9 Å². The predicted octanol–water partition coefficient (Wildman–Crippen LogP) is 8.26. The van der Waals surface area contributed by atoms with E-state index in [1.807, 2.05) is 66.7 Å². The second-order valence-electron chi connectivity index (χ2n) is 8.95. The molecule has 0 spiro atoms. The van der Waals surface area contributed by atoms with Gasteiger partial charge in [0, 0.05) is 0 Å². The van der Waals surface area contributed by atoms with E-state index in [9.17, 15) is 4.79 Å². The molecule has 3 nitrogen and oxygen atoms in total. The molecule has 3 heteroatoms. The number of hydrogen-bond acceptors (Lipinski definition) is 3. The first kappa shape index (κ1) is 24.6. The average molecular weight is 445 g/mol. The fourth-order valence-corrected chi connectivity index (χ4v) is 3.80. The molecule has 0 aliphatic carbocycles. The van der Waals surface area contributed by atoms with E-state index in [-0.39, 0.29) is 12.1 Å². The van der Waals surface area contributed by atoms with Crippen LogP contribution in [-0.4, -0.2) is 12.6 Å². The summed E-state index contributed by atoms with van der Waals surface area (Å²) in [5, 5.41) is 0. The summed E-state index contributed by atoms with van der Waals surface area (Å²) in [7, 11) is 0. The second kappa shape index (κ2) is 12.8. The Morgan fingerprint density at radius 1 is 0.788 bits per heavy atom. The molecule has 3 aromatic rings. The van der Waals surface area contributed by atoms with Crippen LogP contribution in [0.2, 0.25) is 0 Å². The van der Waals surface area contributed by atoms with Gasteiger partial charge in [-0.1, -0.05) is 94.6 Å². The molecule has 0 amide bonds. The van der Waals surface area contributed by atoms with Crippen LogP contribution in [-0.2, 0) is 4.74 Å². The minimum absolute atomic E-state index is 0.287. The van der Waals surface area contributed by atoms with Crippen molar-refractivity contribution in [3.8, 4) is 16.9 Å². The molecule has 33 heavy (non-hydrogen) atoms. The summed E-state index contributed by atoms with van der Waals surface area (Å²) < 4.78 is 11.8. The van der Waals surface area contributed by atoms with Crippen molar-refractivity contribution in [1.29, 1.82) is 0 Å². The Hall–Kier alpha value is -3.07. The van der Waals surface area contributed by atoms with Crippen molar-refractivity contribution in [2.45, 2.75) is 59.0 Å². The van der Waals surface area contributed by atoms with E-state index >= 15 is 0 Å². The molecule has 3 rings (SSSR count). The van der Waals surface area contributed by atoms with Crippen LogP contribution in [0.15, 0.2) is 78.9 Å². The standard InChI is InChI=1S/C30H36O3/c1-4-5-6-10-21-32-28-19-17-26(18-20-28)29(22-23(2)3)33-30(31)27-15-13-25(14-16-27)24-11-8-7-9-12-24/h7-9,11-20,23,29H,4-6,10,21-22H2,1-3H3. The Morgan fingerprint density at radius 2 is 1.45 bits per heavy atom. The molecule has 174 valence electrons. The highest BCUT2D eigenvalue weighted by Gasteiger charge is 2.20. The molecule has 0 fully saturated rings. The monoisotopic (exact) mass is 444 g/mol. The number of esters is 1. The van der Waals surface area contributed by atoms with E-state index in [1.54, 1.807) is 0 Å². The molecule has 3 aromatic carbocycles. The first-order chi connectivity index (χ1) is 16.1. The number of rotatable bonds is 12. The van der Waals surface area contributed by atoms with Gasteiger partial charge in [-0.15, -0.1) is 0 Å². The van der Waals surface area contributed by atoms with E-state index in [0.717, 1.165) is 41.9 Å². The number of carbonyl (C=O) groups excluding carboxylic acids is 1. The molecular formula is C30H36O3. The third-order valence-corrected chi connectivity index (χ3v) is 5.68. The van der Waals surface area contributed by atoms with Gasteiger partial charge in [-0.05, 0) is 59.7 Å². The molecule has 0 saturated heterocycles. The average Bonchev–Trinajstić information content (AvgIpc) is 2.84. The highest BCUT2D eigenvalue weighted by molar-refractivity contribution is 5.90. The smallest absolute Gasteiger partial charge is 0.338 e. The number of benzene rings is 3. The van der Waals surface area contributed by atoms with Crippen molar-refractivity contribution < 1.29 is 14.3 Å². The van der Waals surface area contributed by atoms with Crippen LogP contribution < -0.4 is 4.74 Å². The molecular weight excluding hydrogens is 408 g/mol. The Balaban J connectivity index is 1.63. The molecule has 0 saturated carbocycles. The largest absolute Gasteiger partial charge is 0.494 e. The molecule has 0 aliphatic heterocycles. The fourth-order valence-electron chi connectivity index (χ4n) is 3.80. The van der Waals surface area contributed by atoms with Crippen LogP contribution >= 0.6 is 0 Å². The lowest BCUT2D eigenvalue weighted by Gasteiger charge is -2.21. The van der Waals surface area contributed by atoms with Gasteiger partial charge in [-0.3, -0.25) is 0 Å². The molecule has 0 radical (unpaired) electrons. The molecule has 0 N–H and O–H groups in total. The van der Waals surface area contributed by atoms with Gasteiger partial charge in [0.1, 0.15) is 11.9 Å². The molecule has 1 unspecified atom stereocenters. The van der Waals surface area contributed by atoms with Crippen molar-refractivity contribution >= 4 is 5.97 Å². The van der Waals surface area contributed by atoms with Gasteiger partial charge in [-0.2, -0.15) is 0 Å². The summed E-state index contributed by atoms with van der Waals surface area (Å²) in [5.41, 5.74) is 3.77. The zero-order valence-corrected chi connectivity index (χ0v) is 20.1. The van der Waals surface area contributed by atoms with Gasteiger partial charge in [-0.25, -0.2) is 4.79 Å². The first-order valence-corrected chi connectivity index (χ1v) is 12.2. The van der Waals surface area contributed by atoms with Crippen LogP contribution in [0.1, 0.15) is 74.9 Å². The first-order valence-electron chi connectivity index (χ1n) is 12.2. The van der Waals surface area contributed by atoms with Crippen molar-refractivity contribution in [1.82, 2.24) is 0 Å². The molecule has 1 atom stereocenters. The Morgan fingerprint density at radius 3 is 2.09 bits per heavy atom. The predicted molar refractivity (Wildman–Crippen MR) is 136 cm³/mol. The van der Waals surface area contributed by atoms with Crippen molar-refractivity contribution in [3.05, 3.63) is 90.0 Å². The highest BCUT2D eigenvalue weighted by Crippen LogP contribution is 2.28. The fraction of sp³-hybridized carbons (Fsp3) is 0.367. The zero-order valence-electron chi connectivity index (χ0n) is 20.1. The topological polar surface area (TPSA) is 35.5 Å². The SMILES string of the molecule is CCCCCCOc1ccc(C(CC(C)C)OC(=O)c2ccc(-c3ccccc3)cc2)cc1. The van der Waals surface area contributed by atoms with Crippen LogP contribution in [0, 0.1) is 5.92 Å². The minimum atomic E-state index is -0.295. The third-order valence-electron chi connectivity index (χ3n) is 5.68. The minimum Gasteiger partial charge on any atom is -0.494 e. The van der Waals surface area contributed by atoms with E-state index in [4.69, 9.17) is 9.47 Å². The molecule has 0 bridgehead atoms. The normalized spacial score (nSPS) is 11.9. The van der Waals surface area contributed by atoms with Gasteiger partial charge < -0.3 is 9.47 Å². The molecule has 0 aliphatic rings. The van der Waals surface area contributed by atoms with Gasteiger partial charge in [0.25, 0.3) is 0 Å². The van der Waals surface area contributed by atoms with E-state index < -0.39 is 0 Å². The Bertz CT molecular complexity index is 960. The summed E-state index contributed by atoms with van der Waals surface area (Å²) in [6.45, 7) is 7.23. The summed E-state index contributed by atoms with van der Waals surface area (Å²) in [5.74, 6) is 0.968. The van der Waals surface area contributed by atoms with Crippen LogP contribution in [0.4, 0.5) is 0 Å². The summed E-state index contributed by atoms with van der Waals surface area (Å²) >= 11 is 0. The highest BCUT2D eigenvalue weighted by atomic mass is 16.5. The van der Waals surface area contributed by atoms with E-state index in [1.165, 1.54) is 19.3 Å². The van der Waals surface area contributed by atoms with Gasteiger partial charge in [0.05, 0.1) is 12.2 Å². The maximum absolute atomic E-state index is 12.9. The Kier molecular flexibility index (Phi) is 9.56. The summed E-state index contributed by atoms with van der Waals surface area (Å²) in [6.07, 6.45) is 5.23. The number of hydrogen-bond donors (Lipinski definition) is 0. The molecule has 0 aromatic heterocycles. The van der Waals surface area contributed by atoms with Crippen molar-refractivity contribution in [2.24, 2.45) is 5.92 Å². The quantitative estimate of drug-likeness (QED) is 0.208.